The Balaban J connectivity index is 2.20. The predicted octanol–water partition coefficient (Wildman–Crippen LogP) is 0.190. The average Bonchev–Trinajstić information content (AvgIpc) is 2.45. The number of nitrogens with one attached hydrogen (secondary N) is 2. The fourth-order valence-corrected chi connectivity index (χ4v) is 2.50. The number of ketones is 1. The molecule has 0 fully saturated rings. The molecule has 0 spiro atoms. The van der Waals surface area contributed by atoms with Gasteiger partial charge in [0, 0.05) is 12.8 Å². The van der Waals surface area contributed by atoms with Crippen molar-refractivity contribution in [3.05, 3.63) is 24.3 Å². The number of carbonyl (C=O) groups excluding carboxylic acids is 3. The molecule has 2 amide bonds. The number of amides is 2. The molecule has 1 atom stereocenters. The van der Waals surface area contributed by atoms with Crippen molar-refractivity contribution in [1.82, 2.24) is 5.32 Å². The van der Waals surface area contributed by atoms with Crippen LogP contribution in [0.5, 0.6) is 0 Å². The number of thioether (sulfide) groups is 1. The van der Waals surface area contributed by atoms with Crippen LogP contribution in [-0.2, 0) is 19.1 Å². The Kier molecular flexibility index (Phi) is 8.74. The van der Waals surface area contributed by atoms with Crippen LogP contribution >= 0.6 is 21.0 Å². The first-order valence-electron chi connectivity index (χ1n) is 6.51. The van der Waals surface area contributed by atoms with Gasteiger partial charge in [0.25, 0.3) is 0 Å². The Morgan fingerprint density at radius 3 is 2.68 bits per heavy atom. The van der Waals surface area contributed by atoms with E-state index >= 15 is 0 Å². The molecule has 22 heavy (non-hydrogen) atoms. The molecule has 0 heterocycles. The van der Waals surface area contributed by atoms with Gasteiger partial charge in [-0.15, -0.1) is 21.0 Å². The Morgan fingerprint density at radius 1 is 1.23 bits per heavy atom. The van der Waals surface area contributed by atoms with Gasteiger partial charge in [-0.2, -0.15) is 0 Å². The van der Waals surface area contributed by atoms with E-state index in [9.17, 15) is 14.4 Å². The molecule has 0 saturated carbocycles. The Hall–Kier alpha value is -1.43. The third-order valence-corrected chi connectivity index (χ3v) is 3.77. The fraction of sp³-hybridized carbons (Fsp3) is 0.357. The summed E-state index contributed by atoms with van der Waals surface area (Å²) in [6.45, 7) is -0.0572. The first-order valence-corrected chi connectivity index (χ1v) is 8.25. The standard InChI is InChI=1S/C14H19N2O4PS/c1-20-7-11(17)8-22-9-14(19)15-6-13(18)16-10-3-2-4-12(21)5-10/h2-5H,6-9,21H2,1H3,(H,15,19)(H,16,18). The largest absolute Gasteiger partial charge is 0.377 e. The van der Waals surface area contributed by atoms with Gasteiger partial charge in [0.2, 0.25) is 11.8 Å². The Bertz CT molecular complexity index is 539. The number of anilines is 1. The maximum Gasteiger partial charge on any atom is 0.243 e. The second-order valence-electron chi connectivity index (χ2n) is 4.41. The van der Waals surface area contributed by atoms with E-state index in [0.717, 1.165) is 5.30 Å². The molecule has 0 aromatic heterocycles. The van der Waals surface area contributed by atoms with Crippen molar-refractivity contribution in [2.75, 3.05) is 37.1 Å². The number of hydrogen-bond donors (Lipinski definition) is 2. The minimum absolute atomic E-state index is 0.0474. The summed E-state index contributed by atoms with van der Waals surface area (Å²) in [5.41, 5.74) is 0.672. The van der Waals surface area contributed by atoms with Crippen LogP contribution in [0.2, 0.25) is 0 Å². The van der Waals surface area contributed by atoms with E-state index < -0.39 is 0 Å². The van der Waals surface area contributed by atoms with Crippen LogP contribution in [0, 0.1) is 0 Å². The monoisotopic (exact) mass is 342 g/mol. The summed E-state index contributed by atoms with van der Waals surface area (Å²) in [4.78, 5) is 34.4. The van der Waals surface area contributed by atoms with Crippen LogP contribution in [0.15, 0.2) is 24.3 Å². The number of rotatable bonds is 9. The van der Waals surface area contributed by atoms with Crippen molar-refractivity contribution in [3.8, 4) is 0 Å². The molecule has 6 nitrogen and oxygen atoms in total. The van der Waals surface area contributed by atoms with Gasteiger partial charge in [0.1, 0.15) is 6.61 Å². The van der Waals surface area contributed by atoms with Gasteiger partial charge >= 0.3 is 0 Å². The lowest BCUT2D eigenvalue weighted by Gasteiger charge is -2.07. The second kappa shape index (κ2) is 10.3. The Labute approximate surface area is 136 Å². The molecule has 0 aliphatic carbocycles. The molecule has 1 aromatic rings. The number of Topliss-reactive ketones (excluding diaryl/α,β-unsaturated/α-hetero) is 1. The van der Waals surface area contributed by atoms with Crippen LogP contribution in [0.4, 0.5) is 5.69 Å². The summed E-state index contributed by atoms with van der Waals surface area (Å²) in [5.74, 6) is -0.317. The van der Waals surface area contributed by atoms with Gasteiger partial charge in [0.05, 0.1) is 18.1 Å². The zero-order valence-electron chi connectivity index (χ0n) is 12.3. The molecule has 2 N–H and O–H groups in total. The number of hydrogen-bond acceptors (Lipinski definition) is 5. The van der Waals surface area contributed by atoms with Crippen LogP contribution < -0.4 is 15.9 Å². The molecule has 0 aliphatic rings. The van der Waals surface area contributed by atoms with Crippen molar-refractivity contribution >= 4 is 49.6 Å². The summed E-state index contributed by atoms with van der Waals surface area (Å²) in [6, 6.07) is 7.29. The molecule has 0 saturated heterocycles. The van der Waals surface area contributed by atoms with Crippen molar-refractivity contribution in [2.24, 2.45) is 0 Å². The van der Waals surface area contributed by atoms with E-state index in [1.165, 1.54) is 18.9 Å². The highest BCUT2D eigenvalue weighted by molar-refractivity contribution is 8.00. The van der Waals surface area contributed by atoms with Gasteiger partial charge in [-0.1, -0.05) is 12.1 Å². The third-order valence-electron chi connectivity index (χ3n) is 2.42. The highest BCUT2D eigenvalue weighted by Gasteiger charge is 2.08. The number of benzene rings is 1. The van der Waals surface area contributed by atoms with Gasteiger partial charge in [-0.05, 0) is 17.4 Å². The quantitative estimate of drug-likeness (QED) is 0.626. The van der Waals surface area contributed by atoms with Crippen molar-refractivity contribution in [1.29, 1.82) is 0 Å². The first kappa shape index (κ1) is 18.6. The average molecular weight is 342 g/mol. The lowest BCUT2D eigenvalue weighted by atomic mass is 10.3. The van der Waals surface area contributed by atoms with E-state index in [1.54, 1.807) is 6.07 Å². The summed E-state index contributed by atoms with van der Waals surface area (Å²) in [6.07, 6.45) is 0. The fourth-order valence-electron chi connectivity index (χ4n) is 1.51. The predicted molar refractivity (Wildman–Crippen MR) is 91.6 cm³/mol. The molecule has 120 valence electrons. The van der Waals surface area contributed by atoms with Crippen molar-refractivity contribution < 1.29 is 19.1 Å². The molecule has 0 bridgehead atoms. The summed E-state index contributed by atoms with van der Waals surface area (Å²) >= 11 is 1.19. The first-order chi connectivity index (χ1) is 10.5. The SMILES string of the molecule is COCC(=O)CSCC(=O)NCC(=O)Nc1cccc(P)c1. The summed E-state index contributed by atoms with van der Waals surface area (Å²) < 4.78 is 4.69. The molecule has 1 rings (SSSR count). The molecule has 8 heteroatoms. The van der Waals surface area contributed by atoms with E-state index in [1.807, 2.05) is 18.2 Å². The van der Waals surface area contributed by atoms with E-state index in [0.29, 0.717) is 5.69 Å². The molecule has 0 radical (unpaired) electrons. The second-order valence-corrected chi connectivity index (χ2v) is 6.07. The zero-order valence-corrected chi connectivity index (χ0v) is 14.2. The van der Waals surface area contributed by atoms with E-state index in [4.69, 9.17) is 0 Å². The van der Waals surface area contributed by atoms with E-state index in [-0.39, 0.29) is 42.3 Å². The van der Waals surface area contributed by atoms with Crippen LogP contribution in [0.3, 0.4) is 0 Å². The maximum absolute atomic E-state index is 11.7. The van der Waals surface area contributed by atoms with E-state index in [2.05, 4.69) is 24.6 Å². The van der Waals surface area contributed by atoms with Crippen LogP contribution in [-0.4, -0.2) is 49.4 Å². The smallest absolute Gasteiger partial charge is 0.243 e. The van der Waals surface area contributed by atoms with Gasteiger partial charge in [-0.3, -0.25) is 14.4 Å². The number of carbonyl (C=O) groups is 3. The normalized spacial score (nSPS) is 10.1. The number of ether oxygens (including phenoxy) is 1. The molecule has 0 aliphatic heterocycles. The van der Waals surface area contributed by atoms with Gasteiger partial charge < -0.3 is 15.4 Å². The van der Waals surface area contributed by atoms with Crippen LogP contribution in [0.1, 0.15) is 0 Å². The van der Waals surface area contributed by atoms with Gasteiger partial charge in [0.15, 0.2) is 5.78 Å². The van der Waals surface area contributed by atoms with Crippen molar-refractivity contribution in [2.45, 2.75) is 0 Å². The minimum atomic E-state index is -0.301. The molecular formula is C14H19N2O4PS. The minimum Gasteiger partial charge on any atom is -0.377 e. The third kappa shape index (κ3) is 8.12. The van der Waals surface area contributed by atoms with Crippen molar-refractivity contribution in [3.63, 3.8) is 0 Å². The molecular weight excluding hydrogens is 323 g/mol. The van der Waals surface area contributed by atoms with Crippen LogP contribution in [0.25, 0.3) is 0 Å². The summed E-state index contributed by atoms with van der Waals surface area (Å²) in [5, 5.41) is 6.15. The maximum atomic E-state index is 11.7. The lowest BCUT2D eigenvalue weighted by molar-refractivity contribution is -0.122. The highest BCUT2D eigenvalue weighted by Crippen LogP contribution is 2.05. The molecule has 1 unspecified atom stereocenters. The lowest BCUT2D eigenvalue weighted by Crippen LogP contribution is -2.34. The topological polar surface area (TPSA) is 84.5 Å². The Morgan fingerprint density at radius 2 is 2.00 bits per heavy atom. The highest BCUT2D eigenvalue weighted by atomic mass is 32.2. The summed E-state index contributed by atoms with van der Waals surface area (Å²) in [7, 11) is 3.99. The van der Waals surface area contributed by atoms with Gasteiger partial charge in [-0.25, -0.2) is 0 Å². The number of methoxy groups -OCH3 is 1. The molecule has 1 aromatic carbocycles. The zero-order chi connectivity index (χ0) is 16.4.